The minimum Gasteiger partial charge on any atom is -0.366 e. The molecule has 0 saturated carbocycles. The van der Waals surface area contributed by atoms with Crippen LogP contribution in [0.2, 0.25) is 10.0 Å². The summed E-state index contributed by atoms with van der Waals surface area (Å²) < 4.78 is 25.8. The van der Waals surface area contributed by atoms with E-state index in [1.807, 2.05) is 24.3 Å². The van der Waals surface area contributed by atoms with E-state index in [-0.39, 0.29) is 4.90 Å². The van der Waals surface area contributed by atoms with Crippen molar-refractivity contribution >= 4 is 60.8 Å². The van der Waals surface area contributed by atoms with Gasteiger partial charge in [0.25, 0.3) is 0 Å². The van der Waals surface area contributed by atoms with E-state index in [1.165, 1.54) is 6.26 Å². The Hall–Kier alpha value is -3.32. The Morgan fingerprint density at radius 3 is 2.40 bits per heavy atom. The van der Waals surface area contributed by atoms with E-state index in [4.69, 9.17) is 28.9 Å². The van der Waals surface area contributed by atoms with Crippen LogP contribution >= 0.6 is 23.2 Å². The fourth-order valence-electron chi connectivity index (χ4n) is 4.34. The van der Waals surface area contributed by atoms with Crippen LogP contribution in [0.1, 0.15) is 15.9 Å². The summed E-state index contributed by atoms with van der Waals surface area (Å²) in [4.78, 5) is 12.5. The summed E-state index contributed by atoms with van der Waals surface area (Å²) in [5.74, 6) is -0.523. The molecule has 8 heteroatoms. The smallest absolute Gasteiger partial charge is 0.249 e. The number of sulfone groups is 1. The SMILES string of the molecule is CS(=O)(=O)c1ccc(Cn2c3cc(-c4ccc(Cl)cc4Cl)c[c]c3c3c(C(N)=O)cccc32)cc1. The normalized spacial score (nSPS) is 11.9. The number of nitrogens with zero attached hydrogens (tertiary/aromatic N) is 1. The minimum atomic E-state index is -3.29. The first-order valence-corrected chi connectivity index (χ1v) is 13.3. The number of nitrogens with two attached hydrogens (primary N) is 1. The van der Waals surface area contributed by atoms with Crippen LogP contribution < -0.4 is 5.73 Å². The zero-order valence-electron chi connectivity index (χ0n) is 18.5. The van der Waals surface area contributed by atoms with Gasteiger partial charge < -0.3 is 10.3 Å². The van der Waals surface area contributed by atoms with Gasteiger partial charge in [-0.2, -0.15) is 0 Å². The molecule has 0 atom stereocenters. The maximum absolute atomic E-state index is 12.2. The van der Waals surface area contributed by atoms with E-state index in [0.717, 1.165) is 38.5 Å². The Bertz CT molecular complexity index is 1740. The van der Waals surface area contributed by atoms with Crippen LogP contribution in [-0.4, -0.2) is 25.1 Å². The Labute approximate surface area is 212 Å². The zero-order valence-corrected chi connectivity index (χ0v) is 20.9. The van der Waals surface area contributed by atoms with Crippen LogP contribution in [0.15, 0.2) is 77.7 Å². The van der Waals surface area contributed by atoms with E-state index >= 15 is 0 Å². The third kappa shape index (κ3) is 4.29. The summed E-state index contributed by atoms with van der Waals surface area (Å²) in [6.07, 6.45) is 1.18. The first kappa shape index (κ1) is 23.4. The van der Waals surface area contributed by atoms with Gasteiger partial charge in [-0.3, -0.25) is 4.79 Å². The van der Waals surface area contributed by atoms with Crippen molar-refractivity contribution in [1.29, 1.82) is 0 Å². The number of fused-ring (bicyclic) bond motifs is 3. The first-order chi connectivity index (χ1) is 16.6. The second-order valence-corrected chi connectivity index (χ2v) is 11.2. The van der Waals surface area contributed by atoms with Crippen LogP contribution in [0, 0.1) is 6.07 Å². The molecule has 1 heterocycles. The van der Waals surface area contributed by atoms with Gasteiger partial charge in [-0.05, 0) is 65.7 Å². The molecule has 0 unspecified atom stereocenters. The molecule has 35 heavy (non-hydrogen) atoms. The number of hydrogen-bond donors (Lipinski definition) is 1. The van der Waals surface area contributed by atoms with E-state index in [1.54, 1.807) is 48.5 Å². The van der Waals surface area contributed by atoms with Gasteiger partial charge in [0.05, 0.1) is 15.9 Å². The van der Waals surface area contributed by atoms with Crippen molar-refractivity contribution in [3.8, 4) is 11.1 Å². The number of aromatic nitrogens is 1. The fourth-order valence-corrected chi connectivity index (χ4v) is 5.48. The van der Waals surface area contributed by atoms with Gasteiger partial charge in [-0.15, -0.1) is 0 Å². The van der Waals surface area contributed by atoms with Crippen molar-refractivity contribution in [2.24, 2.45) is 5.73 Å². The molecule has 1 aromatic heterocycles. The predicted octanol–water partition coefficient (Wildman–Crippen LogP) is 6.12. The number of carbonyl (C=O) groups excluding carboxylic acids is 1. The molecule has 175 valence electrons. The number of hydrogen-bond acceptors (Lipinski definition) is 3. The molecule has 0 bridgehead atoms. The summed E-state index contributed by atoms with van der Waals surface area (Å²) in [5, 5.41) is 2.54. The lowest BCUT2D eigenvalue weighted by molar-refractivity contribution is 0.100. The van der Waals surface area contributed by atoms with Crippen molar-refractivity contribution in [2.75, 3.05) is 6.26 Å². The lowest BCUT2D eigenvalue weighted by Gasteiger charge is -2.10. The van der Waals surface area contributed by atoms with Gasteiger partial charge in [-0.25, -0.2) is 8.42 Å². The summed E-state index contributed by atoms with van der Waals surface area (Å²) in [7, 11) is -3.29. The van der Waals surface area contributed by atoms with Gasteiger partial charge in [-0.1, -0.05) is 47.5 Å². The molecule has 4 aromatic carbocycles. The molecule has 0 aliphatic rings. The number of rotatable bonds is 5. The summed E-state index contributed by atoms with van der Waals surface area (Å²) in [6, 6.07) is 24.7. The van der Waals surface area contributed by atoms with Gasteiger partial charge in [0, 0.05) is 44.7 Å². The second-order valence-electron chi connectivity index (χ2n) is 8.34. The Kier molecular flexibility index (Phi) is 5.83. The monoisotopic (exact) mass is 521 g/mol. The minimum absolute atomic E-state index is 0.257. The number of amides is 1. The van der Waals surface area contributed by atoms with E-state index in [0.29, 0.717) is 22.2 Å². The van der Waals surface area contributed by atoms with Gasteiger partial charge in [0.1, 0.15) is 0 Å². The topological polar surface area (TPSA) is 82.2 Å². The van der Waals surface area contributed by atoms with Crippen LogP contribution in [0.4, 0.5) is 0 Å². The lowest BCUT2D eigenvalue weighted by Crippen LogP contribution is -2.11. The van der Waals surface area contributed by atoms with Crippen LogP contribution in [0.5, 0.6) is 0 Å². The molecule has 0 saturated heterocycles. The van der Waals surface area contributed by atoms with Crippen LogP contribution in [-0.2, 0) is 16.4 Å². The number of benzene rings is 4. The molecule has 2 N–H and O–H groups in total. The molecule has 0 spiro atoms. The summed E-state index contributed by atoms with van der Waals surface area (Å²) in [5.41, 5.74) is 10.3. The molecule has 0 aliphatic carbocycles. The molecule has 5 rings (SSSR count). The molecule has 1 amide bonds. The van der Waals surface area contributed by atoms with Gasteiger partial charge in [0.2, 0.25) is 5.91 Å². The molecular formula is C27H19Cl2N2O3S. The maximum Gasteiger partial charge on any atom is 0.249 e. The second kappa shape index (κ2) is 8.72. The summed E-state index contributed by atoms with van der Waals surface area (Å²) in [6.45, 7) is 0.442. The zero-order chi connectivity index (χ0) is 24.9. The quantitative estimate of drug-likeness (QED) is 0.302. The van der Waals surface area contributed by atoms with Crippen LogP contribution in [0.3, 0.4) is 0 Å². The average molecular weight is 522 g/mol. The third-order valence-corrected chi connectivity index (χ3v) is 7.67. The van der Waals surface area contributed by atoms with Crippen molar-refractivity contribution in [3.05, 3.63) is 100 Å². The van der Waals surface area contributed by atoms with Crippen LogP contribution in [0.25, 0.3) is 32.9 Å². The molecule has 0 fully saturated rings. The third-order valence-electron chi connectivity index (χ3n) is 5.99. The number of halogens is 2. The molecular weight excluding hydrogens is 503 g/mol. The maximum atomic E-state index is 12.2. The van der Waals surface area contributed by atoms with Crippen molar-refractivity contribution in [3.63, 3.8) is 0 Å². The largest absolute Gasteiger partial charge is 0.366 e. The number of carbonyl (C=O) groups is 1. The predicted molar refractivity (Wildman–Crippen MR) is 141 cm³/mol. The highest BCUT2D eigenvalue weighted by Crippen LogP contribution is 2.37. The average Bonchev–Trinajstić information content (AvgIpc) is 3.12. The highest BCUT2D eigenvalue weighted by Gasteiger charge is 2.18. The van der Waals surface area contributed by atoms with Crippen molar-refractivity contribution in [2.45, 2.75) is 11.4 Å². The van der Waals surface area contributed by atoms with Gasteiger partial charge in [0.15, 0.2) is 9.84 Å². The molecule has 0 aliphatic heterocycles. The molecule has 5 nitrogen and oxygen atoms in total. The Morgan fingerprint density at radius 2 is 1.74 bits per heavy atom. The number of primary amides is 1. The van der Waals surface area contributed by atoms with E-state index < -0.39 is 15.7 Å². The molecule has 5 aromatic rings. The van der Waals surface area contributed by atoms with Crippen molar-refractivity contribution < 1.29 is 13.2 Å². The standard InChI is InChI=1S/C27H19Cl2N2O3S/c1-35(33,34)19-9-5-16(6-10-19)15-31-24-4-2-3-22(27(30)32)26(24)21-11-7-17(13-25(21)31)20-12-8-18(28)14-23(20)29/h2-10,12-14H,15H2,1H3,(H2,30,32). The van der Waals surface area contributed by atoms with E-state index in [9.17, 15) is 13.2 Å². The fraction of sp³-hybridized carbons (Fsp3) is 0.0741. The Balaban J connectivity index is 1.75. The highest BCUT2D eigenvalue weighted by atomic mass is 35.5. The van der Waals surface area contributed by atoms with Crippen molar-refractivity contribution in [1.82, 2.24) is 4.57 Å². The van der Waals surface area contributed by atoms with Gasteiger partial charge >= 0.3 is 0 Å². The first-order valence-electron chi connectivity index (χ1n) is 10.6. The Morgan fingerprint density at radius 1 is 1.00 bits per heavy atom. The molecule has 1 radical (unpaired) electrons. The lowest BCUT2D eigenvalue weighted by atomic mass is 10.0. The highest BCUT2D eigenvalue weighted by molar-refractivity contribution is 7.90. The van der Waals surface area contributed by atoms with E-state index in [2.05, 4.69) is 10.6 Å². The summed E-state index contributed by atoms with van der Waals surface area (Å²) >= 11 is 12.5.